The normalized spacial score (nSPS) is 25.5. The fraction of sp³-hybridized carbons (Fsp3) is 0.444. The minimum absolute atomic E-state index is 0.314. The summed E-state index contributed by atoms with van der Waals surface area (Å²) in [5.74, 6) is -2.13. The van der Waals surface area contributed by atoms with E-state index in [9.17, 15) is 24.3 Å². The Morgan fingerprint density at radius 1 is 1.27 bits per heavy atom. The topological polar surface area (TPSA) is 107 Å². The number of urea groups is 1. The van der Waals surface area contributed by atoms with Crippen LogP contribution in [0.5, 0.6) is 0 Å². The third-order valence-electron chi connectivity index (χ3n) is 5.06. The van der Waals surface area contributed by atoms with Gasteiger partial charge in [-0.2, -0.15) is 0 Å². The molecule has 0 spiro atoms. The van der Waals surface area contributed by atoms with Gasteiger partial charge in [0.15, 0.2) is 0 Å². The molecule has 0 aliphatic carbocycles. The number of aliphatic carboxylic acids is 1. The molecule has 1 aromatic carbocycles. The van der Waals surface area contributed by atoms with Crippen molar-refractivity contribution < 1.29 is 24.3 Å². The van der Waals surface area contributed by atoms with Gasteiger partial charge in [-0.3, -0.25) is 14.5 Å². The summed E-state index contributed by atoms with van der Waals surface area (Å²) in [4.78, 5) is 51.0. The van der Waals surface area contributed by atoms with E-state index < -0.39 is 41.9 Å². The summed E-state index contributed by atoms with van der Waals surface area (Å²) in [6.45, 7) is 3.36. The molecule has 8 heteroatoms. The fourth-order valence-corrected chi connectivity index (χ4v) is 3.47. The number of hydrogen-bond acceptors (Lipinski definition) is 4. The maximum Gasteiger partial charge on any atom is 0.326 e. The monoisotopic (exact) mass is 359 g/mol. The second-order valence-electron chi connectivity index (χ2n) is 6.90. The van der Waals surface area contributed by atoms with Gasteiger partial charge in [-0.25, -0.2) is 9.59 Å². The van der Waals surface area contributed by atoms with E-state index >= 15 is 0 Å². The molecule has 1 aromatic rings. The smallest absolute Gasteiger partial charge is 0.326 e. The number of carboxylic acid groups (broad SMARTS) is 1. The van der Waals surface area contributed by atoms with E-state index in [4.69, 9.17) is 0 Å². The number of rotatable bonds is 4. The van der Waals surface area contributed by atoms with E-state index in [1.165, 1.54) is 4.90 Å². The zero-order chi connectivity index (χ0) is 19.1. The van der Waals surface area contributed by atoms with Gasteiger partial charge in [-0.1, -0.05) is 29.8 Å². The molecule has 26 heavy (non-hydrogen) atoms. The van der Waals surface area contributed by atoms with E-state index in [1.54, 1.807) is 19.1 Å². The lowest BCUT2D eigenvalue weighted by molar-refractivity contribution is -0.149. The van der Waals surface area contributed by atoms with Gasteiger partial charge < -0.3 is 15.3 Å². The van der Waals surface area contributed by atoms with Gasteiger partial charge in [0.05, 0.1) is 0 Å². The summed E-state index contributed by atoms with van der Waals surface area (Å²) in [7, 11) is 0. The van der Waals surface area contributed by atoms with Crippen LogP contribution >= 0.6 is 0 Å². The number of carbonyl (C=O) groups is 4. The zero-order valence-electron chi connectivity index (χ0n) is 14.7. The molecular formula is C18H21N3O5. The fourth-order valence-electron chi connectivity index (χ4n) is 3.47. The van der Waals surface area contributed by atoms with Crippen molar-refractivity contribution >= 4 is 23.8 Å². The van der Waals surface area contributed by atoms with Crippen LogP contribution in [0.4, 0.5) is 4.79 Å². The number of nitrogens with one attached hydrogen (secondary N) is 1. The van der Waals surface area contributed by atoms with Crippen molar-refractivity contribution in [2.45, 2.75) is 38.3 Å². The molecule has 3 rings (SSSR count). The molecule has 2 atom stereocenters. The van der Waals surface area contributed by atoms with E-state index in [0.717, 1.165) is 10.5 Å². The highest BCUT2D eigenvalue weighted by Gasteiger charge is 2.50. The first kappa shape index (κ1) is 17.9. The van der Waals surface area contributed by atoms with Crippen molar-refractivity contribution in [3.8, 4) is 0 Å². The number of aryl methyl sites for hydroxylation is 1. The van der Waals surface area contributed by atoms with Crippen LogP contribution in [0.1, 0.15) is 30.9 Å². The van der Waals surface area contributed by atoms with Gasteiger partial charge in [0, 0.05) is 6.54 Å². The molecule has 2 saturated heterocycles. The minimum Gasteiger partial charge on any atom is -0.480 e. The minimum atomic E-state index is -1.25. The summed E-state index contributed by atoms with van der Waals surface area (Å²) < 4.78 is 0. The van der Waals surface area contributed by atoms with Crippen LogP contribution in [-0.2, 0) is 19.9 Å². The maximum absolute atomic E-state index is 12.8. The van der Waals surface area contributed by atoms with Crippen LogP contribution in [0.15, 0.2) is 24.3 Å². The Morgan fingerprint density at radius 3 is 2.54 bits per heavy atom. The van der Waals surface area contributed by atoms with E-state index in [0.29, 0.717) is 24.9 Å². The lowest BCUT2D eigenvalue weighted by Crippen LogP contribution is -2.47. The van der Waals surface area contributed by atoms with Crippen LogP contribution in [0.25, 0.3) is 0 Å². The first-order valence-electron chi connectivity index (χ1n) is 8.47. The molecule has 2 heterocycles. The molecule has 8 nitrogen and oxygen atoms in total. The number of imide groups is 1. The van der Waals surface area contributed by atoms with Gasteiger partial charge in [-0.05, 0) is 32.3 Å². The summed E-state index contributed by atoms with van der Waals surface area (Å²) in [5, 5.41) is 11.8. The Hall–Kier alpha value is -2.90. The standard InChI is InChI=1S/C18H21N3O5/c1-11-5-7-12(8-6-11)18(2)16(25)21(17(26)19-18)10-14(22)20-9-3-4-13(20)15(23)24/h5-8,13H,3-4,9-10H2,1-2H3,(H,19,26)(H,23,24)/t13-,18?/m0/s1. The number of carboxylic acids is 1. The van der Waals surface area contributed by atoms with Gasteiger partial charge >= 0.3 is 12.0 Å². The highest BCUT2D eigenvalue weighted by molar-refractivity contribution is 6.09. The summed E-state index contributed by atoms with van der Waals surface area (Å²) in [6, 6.07) is 5.66. The maximum atomic E-state index is 12.8. The molecule has 2 aliphatic rings. The summed E-state index contributed by atoms with van der Waals surface area (Å²) in [6.07, 6.45) is 0.965. The van der Waals surface area contributed by atoms with E-state index in [-0.39, 0.29) is 0 Å². The third kappa shape index (κ3) is 2.91. The van der Waals surface area contributed by atoms with Crippen molar-refractivity contribution in [2.75, 3.05) is 13.1 Å². The van der Waals surface area contributed by atoms with Crippen molar-refractivity contribution in [3.63, 3.8) is 0 Å². The first-order chi connectivity index (χ1) is 12.2. The number of carbonyl (C=O) groups excluding carboxylic acids is 3. The van der Waals surface area contributed by atoms with Crippen LogP contribution in [0.3, 0.4) is 0 Å². The predicted octanol–water partition coefficient (Wildman–Crippen LogP) is 0.838. The van der Waals surface area contributed by atoms with Gasteiger partial charge in [-0.15, -0.1) is 0 Å². The quantitative estimate of drug-likeness (QED) is 0.775. The van der Waals surface area contributed by atoms with Crippen LogP contribution in [-0.4, -0.2) is 57.9 Å². The molecule has 0 aromatic heterocycles. The Kier molecular flexibility index (Phi) is 4.43. The highest BCUT2D eigenvalue weighted by Crippen LogP contribution is 2.29. The molecule has 138 valence electrons. The van der Waals surface area contributed by atoms with Crippen LogP contribution < -0.4 is 5.32 Å². The molecule has 0 bridgehead atoms. The number of benzene rings is 1. The average Bonchev–Trinajstić information content (AvgIpc) is 3.16. The molecule has 4 amide bonds. The van der Waals surface area contributed by atoms with Crippen LogP contribution in [0.2, 0.25) is 0 Å². The second-order valence-corrected chi connectivity index (χ2v) is 6.90. The molecule has 2 aliphatic heterocycles. The Labute approximate surface area is 150 Å². The number of likely N-dealkylation sites (tertiary alicyclic amines) is 1. The largest absolute Gasteiger partial charge is 0.480 e. The Balaban J connectivity index is 1.78. The number of amides is 4. The van der Waals surface area contributed by atoms with Gasteiger partial charge in [0.2, 0.25) is 5.91 Å². The van der Waals surface area contributed by atoms with Gasteiger partial charge in [0.25, 0.3) is 5.91 Å². The lowest BCUT2D eigenvalue weighted by Gasteiger charge is -2.25. The van der Waals surface area contributed by atoms with Crippen molar-refractivity contribution in [3.05, 3.63) is 35.4 Å². The average molecular weight is 359 g/mol. The zero-order valence-corrected chi connectivity index (χ0v) is 14.7. The highest BCUT2D eigenvalue weighted by atomic mass is 16.4. The van der Waals surface area contributed by atoms with E-state index in [2.05, 4.69) is 5.32 Å². The molecular weight excluding hydrogens is 338 g/mol. The molecule has 0 saturated carbocycles. The number of nitrogens with zero attached hydrogens (tertiary/aromatic N) is 2. The first-order valence-corrected chi connectivity index (χ1v) is 8.47. The van der Waals surface area contributed by atoms with Crippen molar-refractivity contribution in [2.24, 2.45) is 0 Å². The van der Waals surface area contributed by atoms with E-state index in [1.807, 2.05) is 19.1 Å². The van der Waals surface area contributed by atoms with Crippen molar-refractivity contribution in [1.29, 1.82) is 0 Å². The molecule has 2 N–H and O–H groups in total. The summed E-state index contributed by atoms with van der Waals surface area (Å²) in [5.41, 5.74) is 0.401. The second kappa shape index (κ2) is 6.44. The molecule has 2 fully saturated rings. The Morgan fingerprint density at radius 2 is 1.92 bits per heavy atom. The van der Waals surface area contributed by atoms with Crippen molar-refractivity contribution in [1.82, 2.24) is 15.1 Å². The lowest BCUT2D eigenvalue weighted by atomic mass is 9.91. The Bertz CT molecular complexity index is 776. The predicted molar refractivity (Wildman–Crippen MR) is 91.1 cm³/mol. The van der Waals surface area contributed by atoms with Gasteiger partial charge in [0.1, 0.15) is 18.1 Å². The molecule has 1 unspecified atom stereocenters. The third-order valence-corrected chi connectivity index (χ3v) is 5.06. The SMILES string of the molecule is Cc1ccc(C2(C)NC(=O)N(CC(=O)N3CCC[C@H]3C(=O)O)C2=O)cc1. The van der Waals surface area contributed by atoms with Crippen LogP contribution in [0, 0.1) is 6.92 Å². The summed E-state index contributed by atoms with van der Waals surface area (Å²) >= 11 is 0. The number of hydrogen-bond donors (Lipinski definition) is 2. The molecule has 0 radical (unpaired) electrons.